The van der Waals surface area contributed by atoms with E-state index in [9.17, 15) is 9.90 Å². The molecular weight excluding hydrogens is 306 g/mol. The molecule has 0 atom stereocenters. The minimum Gasteiger partial charge on any atom is -0.478 e. The van der Waals surface area contributed by atoms with Gasteiger partial charge in [-0.15, -0.1) is 11.3 Å². The first-order valence-electron chi connectivity index (χ1n) is 6.54. The van der Waals surface area contributed by atoms with Crippen LogP contribution in [0.3, 0.4) is 0 Å². The standard InChI is InChI=1S/C14H17N3O2S2/c1-7(2)12-15-8(3)11(14(18)19)13(17-12)21-6-10-5-20-9(4)16-10/h5,7H,6H2,1-4H3,(H,18,19). The van der Waals surface area contributed by atoms with Gasteiger partial charge in [-0.3, -0.25) is 0 Å². The Morgan fingerprint density at radius 3 is 2.57 bits per heavy atom. The Balaban J connectivity index is 2.32. The van der Waals surface area contributed by atoms with Crippen LogP contribution in [-0.4, -0.2) is 26.0 Å². The molecule has 7 heteroatoms. The third kappa shape index (κ3) is 3.79. The molecule has 0 spiro atoms. The van der Waals surface area contributed by atoms with Crippen LogP contribution in [0, 0.1) is 13.8 Å². The van der Waals surface area contributed by atoms with Gasteiger partial charge in [0.05, 0.1) is 16.4 Å². The molecule has 2 aromatic rings. The average molecular weight is 323 g/mol. The van der Waals surface area contributed by atoms with Crippen molar-refractivity contribution in [2.75, 3.05) is 0 Å². The SMILES string of the molecule is Cc1nc(CSc2nc(C(C)C)nc(C)c2C(=O)O)cs1. The number of carboxylic acid groups (broad SMARTS) is 1. The molecule has 2 aromatic heterocycles. The van der Waals surface area contributed by atoms with Gasteiger partial charge in [-0.1, -0.05) is 25.6 Å². The van der Waals surface area contributed by atoms with Gasteiger partial charge in [-0.25, -0.2) is 19.7 Å². The number of carbonyl (C=O) groups is 1. The van der Waals surface area contributed by atoms with E-state index in [2.05, 4.69) is 15.0 Å². The molecule has 0 amide bonds. The Morgan fingerprint density at radius 1 is 1.33 bits per heavy atom. The minimum atomic E-state index is -0.986. The third-order valence-electron chi connectivity index (χ3n) is 2.83. The highest BCUT2D eigenvalue weighted by molar-refractivity contribution is 7.98. The lowest BCUT2D eigenvalue weighted by molar-refractivity contribution is 0.0690. The number of aromatic carboxylic acids is 1. The fourth-order valence-electron chi connectivity index (χ4n) is 1.79. The zero-order valence-electron chi connectivity index (χ0n) is 12.4. The van der Waals surface area contributed by atoms with E-state index in [1.54, 1.807) is 18.3 Å². The van der Waals surface area contributed by atoms with Crippen LogP contribution in [0.2, 0.25) is 0 Å². The molecule has 0 aliphatic heterocycles. The summed E-state index contributed by atoms with van der Waals surface area (Å²) in [5.74, 6) is 0.458. The Hall–Kier alpha value is -1.47. The number of aryl methyl sites for hydroxylation is 2. The summed E-state index contributed by atoms with van der Waals surface area (Å²) in [6.07, 6.45) is 0. The molecule has 0 aliphatic carbocycles. The van der Waals surface area contributed by atoms with Crippen LogP contribution in [0.1, 0.15) is 52.3 Å². The number of rotatable bonds is 5. The van der Waals surface area contributed by atoms with Crippen molar-refractivity contribution >= 4 is 29.1 Å². The summed E-state index contributed by atoms with van der Waals surface area (Å²) >= 11 is 2.99. The number of hydrogen-bond acceptors (Lipinski definition) is 6. The molecule has 0 radical (unpaired) electrons. The van der Waals surface area contributed by atoms with Gasteiger partial charge >= 0.3 is 5.97 Å². The van der Waals surface area contributed by atoms with Gasteiger partial charge in [0.1, 0.15) is 16.4 Å². The van der Waals surface area contributed by atoms with Crippen molar-refractivity contribution < 1.29 is 9.90 Å². The molecule has 5 nitrogen and oxygen atoms in total. The van der Waals surface area contributed by atoms with E-state index in [4.69, 9.17) is 0 Å². The van der Waals surface area contributed by atoms with Crippen molar-refractivity contribution in [1.29, 1.82) is 0 Å². The van der Waals surface area contributed by atoms with Crippen LogP contribution in [0.15, 0.2) is 10.4 Å². The Morgan fingerprint density at radius 2 is 2.05 bits per heavy atom. The first-order valence-corrected chi connectivity index (χ1v) is 8.40. The lowest BCUT2D eigenvalue weighted by Gasteiger charge is -2.11. The maximum absolute atomic E-state index is 11.4. The molecule has 2 rings (SSSR count). The van der Waals surface area contributed by atoms with Gasteiger partial charge < -0.3 is 5.11 Å². The van der Waals surface area contributed by atoms with Gasteiger partial charge in [-0.2, -0.15) is 0 Å². The highest BCUT2D eigenvalue weighted by Crippen LogP contribution is 2.28. The Kier molecular flexibility index (Phi) is 4.95. The molecule has 0 unspecified atom stereocenters. The monoisotopic (exact) mass is 323 g/mol. The summed E-state index contributed by atoms with van der Waals surface area (Å²) in [5.41, 5.74) is 1.65. The Labute approximate surface area is 131 Å². The maximum Gasteiger partial charge on any atom is 0.340 e. The summed E-state index contributed by atoms with van der Waals surface area (Å²) < 4.78 is 0. The van der Waals surface area contributed by atoms with Crippen LogP contribution in [0.5, 0.6) is 0 Å². The van der Waals surface area contributed by atoms with Crippen molar-refractivity contribution in [3.63, 3.8) is 0 Å². The number of aromatic nitrogens is 3. The highest BCUT2D eigenvalue weighted by atomic mass is 32.2. The van der Waals surface area contributed by atoms with Crippen molar-refractivity contribution in [3.8, 4) is 0 Å². The van der Waals surface area contributed by atoms with Crippen molar-refractivity contribution in [2.45, 2.75) is 44.4 Å². The molecule has 2 heterocycles. The maximum atomic E-state index is 11.4. The zero-order valence-corrected chi connectivity index (χ0v) is 14.0. The molecule has 21 heavy (non-hydrogen) atoms. The summed E-state index contributed by atoms with van der Waals surface area (Å²) in [7, 11) is 0. The predicted octanol–water partition coefficient (Wildman–Crippen LogP) is 3.66. The lowest BCUT2D eigenvalue weighted by atomic mass is 10.2. The molecule has 1 N–H and O–H groups in total. The van der Waals surface area contributed by atoms with E-state index >= 15 is 0 Å². The second kappa shape index (κ2) is 6.53. The fourth-order valence-corrected chi connectivity index (χ4v) is 3.48. The van der Waals surface area contributed by atoms with Crippen LogP contribution in [0.25, 0.3) is 0 Å². The summed E-state index contributed by atoms with van der Waals surface area (Å²) in [4.78, 5) is 24.5. The quantitative estimate of drug-likeness (QED) is 0.668. The molecule has 0 fully saturated rings. The summed E-state index contributed by atoms with van der Waals surface area (Å²) in [6, 6.07) is 0. The van der Waals surface area contributed by atoms with Crippen molar-refractivity contribution in [2.24, 2.45) is 0 Å². The van der Waals surface area contributed by atoms with Gasteiger partial charge in [0.15, 0.2) is 0 Å². The lowest BCUT2D eigenvalue weighted by Crippen LogP contribution is -2.10. The normalized spacial score (nSPS) is 11.1. The second-order valence-corrected chi connectivity index (χ2v) is 6.98. The van der Waals surface area contributed by atoms with Crippen molar-refractivity contribution in [3.05, 3.63) is 33.2 Å². The minimum absolute atomic E-state index is 0.160. The molecule has 0 aromatic carbocycles. The molecule has 0 aliphatic rings. The highest BCUT2D eigenvalue weighted by Gasteiger charge is 2.19. The van der Waals surface area contributed by atoms with Gasteiger partial charge in [0.2, 0.25) is 0 Å². The van der Waals surface area contributed by atoms with E-state index in [0.29, 0.717) is 22.3 Å². The summed E-state index contributed by atoms with van der Waals surface area (Å²) in [6.45, 7) is 7.65. The van der Waals surface area contributed by atoms with E-state index in [1.165, 1.54) is 11.8 Å². The van der Waals surface area contributed by atoms with Crippen LogP contribution in [-0.2, 0) is 5.75 Å². The molecule has 0 saturated carbocycles. The first kappa shape index (κ1) is 15.9. The van der Waals surface area contributed by atoms with Crippen LogP contribution in [0.4, 0.5) is 0 Å². The van der Waals surface area contributed by atoms with Gasteiger partial charge in [0, 0.05) is 17.1 Å². The zero-order chi connectivity index (χ0) is 15.6. The van der Waals surface area contributed by atoms with Crippen LogP contribution >= 0.6 is 23.1 Å². The molecule has 0 saturated heterocycles. The molecule has 0 bridgehead atoms. The number of hydrogen-bond donors (Lipinski definition) is 1. The van der Waals surface area contributed by atoms with Crippen LogP contribution < -0.4 is 0 Å². The smallest absolute Gasteiger partial charge is 0.340 e. The average Bonchev–Trinajstić information content (AvgIpc) is 2.80. The van der Waals surface area contributed by atoms with E-state index < -0.39 is 5.97 Å². The van der Waals surface area contributed by atoms with E-state index in [1.807, 2.05) is 26.2 Å². The Bertz CT molecular complexity index is 668. The second-order valence-electron chi connectivity index (χ2n) is 4.95. The van der Waals surface area contributed by atoms with Gasteiger partial charge in [0.25, 0.3) is 0 Å². The largest absolute Gasteiger partial charge is 0.478 e. The molecular formula is C14H17N3O2S2. The first-order chi connectivity index (χ1) is 9.88. The number of thiazole rings is 1. The summed E-state index contributed by atoms with van der Waals surface area (Å²) in [5, 5.41) is 12.9. The number of thioether (sulfide) groups is 1. The van der Waals surface area contributed by atoms with Gasteiger partial charge in [-0.05, 0) is 13.8 Å². The molecule has 112 valence electrons. The fraction of sp³-hybridized carbons (Fsp3) is 0.429. The predicted molar refractivity (Wildman–Crippen MR) is 84.2 cm³/mol. The van der Waals surface area contributed by atoms with Crippen molar-refractivity contribution in [1.82, 2.24) is 15.0 Å². The third-order valence-corrected chi connectivity index (χ3v) is 4.66. The topological polar surface area (TPSA) is 76.0 Å². The van der Waals surface area contributed by atoms with E-state index in [0.717, 1.165) is 10.7 Å². The number of nitrogens with zero attached hydrogens (tertiary/aromatic N) is 3. The number of carboxylic acids is 1. The van der Waals surface area contributed by atoms with E-state index in [-0.39, 0.29) is 11.5 Å².